The summed E-state index contributed by atoms with van der Waals surface area (Å²) in [6.07, 6.45) is -0.257. The van der Waals surface area contributed by atoms with Crippen LogP contribution in [0.25, 0.3) is 5.76 Å². The molecule has 1 amide bonds. The normalized spacial score (nSPS) is 26.9. The molecular formula is C24H26N2O8. The molecule has 1 aromatic rings. The fourth-order valence-electron chi connectivity index (χ4n) is 5.19. The zero-order valence-corrected chi connectivity index (χ0v) is 19.0. The van der Waals surface area contributed by atoms with Gasteiger partial charge in [-0.25, -0.2) is 0 Å². The summed E-state index contributed by atoms with van der Waals surface area (Å²) in [6.45, 7) is 5.35. The van der Waals surface area contributed by atoms with E-state index < -0.39 is 52.0 Å². The number of amides is 1. The van der Waals surface area contributed by atoms with Gasteiger partial charge in [-0.2, -0.15) is 0 Å². The number of carbonyl (C=O) groups excluding carboxylic acids is 3. The van der Waals surface area contributed by atoms with Crippen molar-refractivity contribution in [2.24, 2.45) is 22.7 Å². The van der Waals surface area contributed by atoms with E-state index in [0.29, 0.717) is 16.8 Å². The van der Waals surface area contributed by atoms with E-state index in [-0.39, 0.29) is 42.3 Å². The molecule has 34 heavy (non-hydrogen) atoms. The second-order valence-electron chi connectivity index (χ2n) is 9.22. The van der Waals surface area contributed by atoms with Gasteiger partial charge in [-0.15, -0.1) is 0 Å². The zero-order valence-electron chi connectivity index (χ0n) is 19.0. The molecule has 10 heteroatoms. The SMILES string of the molecule is C/C(=N/OC(C)C)c1ccc(O)c2c1C[C@H]1C[C@H]3CC(=O)C(C(N)=O)=C(O)[C@@]3(O)C(=O)C1=C2O. The van der Waals surface area contributed by atoms with Gasteiger partial charge in [0.15, 0.2) is 11.4 Å². The number of aromatic hydroxyl groups is 1. The molecule has 10 nitrogen and oxygen atoms in total. The first kappa shape index (κ1) is 23.5. The van der Waals surface area contributed by atoms with Crippen LogP contribution in [0.4, 0.5) is 0 Å². The van der Waals surface area contributed by atoms with Gasteiger partial charge in [0, 0.05) is 23.5 Å². The molecule has 0 saturated heterocycles. The summed E-state index contributed by atoms with van der Waals surface area (Å²) in [5, 5.41) is 47.6. The molecule has 0 aromatic heterocycles. The number of benzene rings is 1. The average Bonchev–Trinajstić information content (AvgIpc) is 2.74. The van der Waals surface area contributed by atoms with E-state index in [0.717, 1.165) is 0 Å². The van der Waals surface area contributed by atoms with Crippen molar-refractivity contribution in [1.82, 2.24) is 0 Å². The molecule has 3 aliphatic rings. The highest BCUT2D eigenvalue weighted by Gasteiger charge is 2.60. The molecule has 180 valence electrons. The third-order valence-electron chi connectivity index (χ3n) is 6.74. The number of fused-ring (bicyclic) bond motifs is 3. The number of primary amides is 1. The largest absolute Gasteiger partial charge is 0.508 e. The van der Waals surface area contributed by atoms with Crippen molar-refractivity contribution < 1.29 is 39.6 Å². The second kappa shape index (κ2) is 7.98. The first-order valence-corrected chi connectivity index (χ1v) is 10.9. The first-order chi connectivity index (χ1) is 15.9. The van der Waals surface area contributed by atoms with Crippen molar-refractivity contribution in [3.8, 4) is 5.75 Å². The lowest BCUT2D eigenvalue weighted by molar-refractivity contribution is -0.147. The number of nitrogens with two attached hydrogens (primary N) is 1. The Morgan fingerprint density at radius 3 is 2.50 bits per heavy atom. The molecule has 1 fully saturated rings. The molecule has 1 aromatic carbocycles. The second-order valence-corrected chi connectivity index (χ2v) is 9.22. The van der Waals surface area contributed by atoms with Crippen LogP contribution < -0.4 is 5.73 Å². The number of phenolic OH excluding ortho intramolecular Hbond substituents is 1. The van der Waals surface area contributed by atoms with Gasteiger partial charge >= 0.3 is 0 Å². The molecule has 4 rings (SSSR count). The van der Waals surface area contributed by atoms with Crippen LogP contribution in [0, 0.1) is 11.8 Å². The van der Waals surface area contributed by atoms with Gasteiger partial charge in [0.05, 0.1) is 11.3 Å². The molecule has 0 spiro atoms. The molecule has 6 N–H and O–H groups in total. The van der Waals surface area contributed by atoms with E-state index in [1.54, 1.807) is 13.0 Å². The summed E-state index contributed by atoms with van der Waals surface area (Å²) in [6, 6.07) is 2.99. The number of aliphatic hydroxyl groups is 3. The zero-order chi connectivity index (χ0) is 25.1. The molecule has 1 saturated carbocycles. The maximum absolute atomic E-state index is 13.5. The van der Waals surface area contributed by atoms with E-state index >= 15 is 0 Å². The first-order valence-electron chi connectivity index (χ1n) is 10.9. The molecule has 0 aliphatic heterocycles. The minimum Gasteiger partial charge on any atom is -0.508 e. The standard InChI is InChI=1S/C24H26N2O8/c1-9(2)34-26-10(3)13-4-5-15(27)18-14(13)7-11-6-12-8-16(28)19(23(25)32)22(31)24(12,33)21(30)17(11)20(18)29/h4-5,9,11-12,27,29,31,33H,6-8H2,1-3H3,(H2,25,32)/b26-10-/t11-,12+,24+/m1/s1. The quantitative estimate of drug-likeness (QED) is 0.250. The van der Waals surface area contributed by atoms with Crippen LogP contribution in [0.3, 0.4) is 0 Å². The number of Topliss-reactive ketones (excluding diaryl/α,β-unsaturated/α-hetero) is 2. The van der Waals surface area contributed by atoms with Crippen molar-refractivity contribution in [2.45, 2.75) is 51.7 Å². The Bertz CT molecular complexity index is 1230. The van der Waals surface area contributed by atoms with E-state index in [1.165, 1.54) is 6.07 Å². The number of ketones is 2. The lowest BCUT2D eigenvalue weighted by Gasteiger charge is -2.46. The number of rotatable bonds is 4. The number of oxime groups is 1. The van der Waals surface area contributed by atoms with Crippen LogP contribution in [-0.4, -0.2) is 55.3 Å². The molecule has 0 bridgehead atoms. The lowest BCUT2D eigenvalue weighted by Crippen LogP contribution is -2.58. The fraction of sp³-hybridized carbons (Fsp3) is 0.417. The maximum atomic E-state index is 13.5. The third kappa shape index (κ3) is 3.28. The van der Waals surface area contributed by atoms with Gasteiger partial charge in [-0.05, 0) is 57.2 Å². The maximum Gasteiger partial charge on any atom is 0.255 e. The number of phenols is 1. The third-order valence-corrected chi connectivity index (χ3v) is 6.74. The van der Waals surface area contributed by atoms with Crippen molar-refractivity contribution in [3.63, 3.8) is 0 Å². The van der Waals surface area contributed by atoms with Crippen molar-refractivity contribution in [3.05, 3.63) is 45.7 Å². The Morgan fingerprint density at radius 1 is 1.21 bits per heavy atom. The number of aliphatic hydroxyl groups excluding tert-OH is 2. The van der Waals surface area contributed by atoms with E-state index in [9.17, 15) is 34.8 Å². The van der Waals surface area contributed by atoms with Crippen LogP contribution in [0.15, 0.2) is 34.2 Å². The van der Waals surface area contributed by atoms with E-state index in [2.05, 4.69) is 5.16 Å². The molecule has 0 unspecified atom stereocenters. The van der Waals surface area contributed by atoms with Gasteiger partial charge in [-0.1, -0.05) is 5.16 Å². The lowest BCUT2D eigenvalue weighted by atomic mass is 9.59. The minimum absolute atomic E-state index is 0.0173. The summed E-state index contributed by atoms with van der Waals surface area (Å²) in [5.41, 5.74) is 3.27. The van der Waals surface area contributed by atoms with Gasteiger partial charge in [0.25, 0.3) is 5.91 Å². The van der Waals surface area contributed by atoms with Crippen LogP contribution in [0.1, 0.15) is 50.3 Å². The van der Waals surface area contributed by atoms with Gasteiger partial charge < -0.3 is 31.0 Å². The molecular weight excluding hydrogens is 444 g/mol. The Hall–Kier alpha value is -3.66. The highest BCUT2D eigenvalue weighted by atomic mass is 16.6. The van der Waals surface area contributed by atoms with Crippen LogP contribution >= 0.6 is 0 Å². The van der Waals surface area contributed by atoms with E-state index in [1.807, 2.05) is 13.8 Å². The molecule has 0 heterocycles. The Morgan fingerprint density at radius 2 is 1.88 bits per heavy atom. The van der Waals surface area contributed by atoms with Crippen molar-refractivity contribution >= 4 is 28.9 Å². The topological polar surface area (TPSA) is 180 Å². The van der Waals surface area contributed by atoms with Crippen molar-refractivity contribution in [1.29, 1.82) is 0 Å². The highest BCUT2D eigenvalue weighted by Crippen LogP contribution is 2.52. The highest BCUT2D eigenvalue weighted by molar-refractivity contribution is 6.22. The van der Waals surface area contributed by atoms with Gasteiger partial charge in [-0.3, -0.25) is 14.4 Å². The summed E-state index contributed by atoms with van der Waals surface area (Å²) in [7, 11) is 0. The monoisotopic (exact) mass is 470 g/mol. The summed E-state index contributed by atoms with van der Waals surface area (Å²) >= 11 is 0. The van der Waals surface area contributed by atoms with Crippen molar-refractivity contribution in [2.75, 3.05) is 0 Å². The Kier molecular flexibility index (Phi) is 5.52. The van der Waals surface area contributed by atoms with Gasteiger partial charge in [0.2, 0.25) is 5.78 Å². The predicted octanol–water partition coefficient (Wildman–Crippen LogP) is 1.57. The summed E-state index contributed by atoms with van der Waals surface area (Å²) in [5.74, 6) is -6.58. The van der Waals surface area contributed by atoms with Gasteiger partial charge in [0.1, 0.15) is 28.9 Å². The predicted molar refractivity (Wildman–Crippen MR) is 120 cm³/mol. The average molecular weight is 470 g/mol. The van der Waals surface area contributed by atoms with Crippen LogP contribution in [-0.2, 0) is 25.6 Å². The van der Waals surface area contributed by atoms with Crippen LogP contribution in [0.2, 0.25) is 0 Å². The number of nitrogens with zero attached hydrogens (tertiary/aromatic N) is 1. The number of carbonyl (C=O) groups is 3. The number of hydrogen-bond donors (Lipinski definition) is 5. The Labute approximate surface area is 195 Å². The minimum atomic E-state index is -2.58. The van der Waals surface area contributed by atoms with E-state index in [4.69, 9.17) is 10.6 Å². The molecule has 3 aliphatic carbocycles. The fourth-order valence-corrected chi connectivity index (χ4v) is 5.19. The molecule has 3 atom stereocenters. The number of hydrogen-bond acceptors (Lipinski definition) is 9. The summed E-state index contributed by atoms with van der Waals surface area (Å²) < 4.78 is 0. The summed E-state index contributed by atoms with van der Waals surface area (Å²) in [4.78, 5) is 42.9. The Balaban J connectivity index is 1.89. The smallest absolute Gasteiger partial charge is 0.255 e. The molecule has 0 radical (unpaired) electrons. The van der Waals surface area contributed by atoms with Crippen LogP contribution in [0.5, 0.6) is 5.75 Å².